The minimum absolute atomic E-state index is 0.0108. The van der Waals surface area contributed by atoms with E-state index in [4.69, 9.17) is 14.2 Å². The molecular weight excluding hydrogens is 436 g/mol. The lowest BCUT2D eigenvalue weighted by Gasteiger charge is -2.31. The number of esters is 2. The summed E-state index contributed by atoms with van der Waals surface area (Å²) in [6.07, 6.45) is 3.61. The molecule has 0 bridgehead atoms. The Balaban J connectivity index is 1.25. The maximum Gasteiger partial charge on any atom is 0.334 e. The first-order chi connectivity index (χ1) is 15.6. The van der Waals surface area contributed by atoms with Crippen LogP contribution in [0.5, 0.6) is 0 Å². The molecule has 9 heteroatoms. The highest BCUT2D eigenvalue weighted by Crippen LogP contribution is 2.49. The minimum Gasteiger partial charge on any atom is -0.461 e. The number of amides is 1. The number of hydrogen-bond acceptors (Lipinski definition) is 6. The van der Waals surface area contributed by atoms with Gasteiger partial charge in [0.2, 0.25) is 5.91 Å². The fraction of sp³-hybridized carbons (Fsp3) is 0.708. The van der Waals surface area contributed by atoms with Crippen molar-refractivity contribution >= 4 is 17.8 Å². The van der Waals surface area contributed by atoms with Gasteiger partial charge in [0.25, 0.3) is 5.92 Å². The number of alkyl halides is 2. The maximum atomic E-state index is 13.2. The predicted octanol–water partition coefficient (Wildman–Crippen LogP) is 3.32. The molecular formula is C24H31F2NO6. The Hall–Kier alpha value is -2.29. The molecule has 3 aliphatic heterocycles. The molecule has 3 fully saturated rings. The normalized spacial score (nSPS) is 34.9. The number of hydrogen-bond donors (Lipinski definition) is 0. The van der Waals surface area contributed by atoms with Gasteiger partial charge in [0.05, 0.1) is 12.0 Å². The van der Waals surface area contributed by atoms with Gasteiger partial charge < -0.3 is 19.1 Å². The molecule has 0 aromatic rings. The van der Waals surface area contributed by atoms with Crippen LogP contribution in [-0.2, 0) is 28.6 Å². The third-order valence-corrected chi connectivity index (χ3v) is 7.25. The van der Waals surface area contributed by atoms with Gasteiger partial charge in [-0.1, -0.05) is 12.7 Å². The molecule has 33 heavy (non-hydrogen) atoms. The van der Waals surface area contributed by atoms with Crippen LogP contribution in [0.3, 0.4) is 0 Å². The highest BCUT2D eigenvalue weighted by atomic mass is 19.3. The van der Waals surface area contributed by atoms with Crippen LogP contribution in [0.15, 0.2) is 23.8 Å². The lowest BCUT2D eigenvalue weighted by Crippen LogP contribution is -2.42. The first-order valence-electron chi connectivity index (χ1n) is 11.6. The lowest BCUT2D eigenvalue weighted by atomic mass is 9.84. The molecule has 4 rings (SSSR count). The average Bonchev–Trinajstić information content (AvgIpc) is 3.35. The van der Waals surface area contributed by atoms with Gasteiger partial charge >= 0.3 is 11.9 Å². The molecule has 0 aromatic heterocycles. The van der Waals surface area contributed by atoms with E-state index in [0.29, 0.717) is 18.4 Å². The number of piperidine rings is 1. The fourth-order valence-electron chi connectivity index (χ4n) is 4.95. The number of halogens is 2. The van der Waals surface area contributed by atoms with Gasteiger partial charge in [-0.25, -0.2) is 13.6 Å². The summed E-state index contributed by atoms with van der Waals surface area (Å²) in [6.45, 7) is 6.04. The number of allylic oxidation sites excluding steroid dienone is 1. The van der Waals surface area contributed by atoms with Crippen LogP contribution in [0.1, 0.15) is 58.3 Å². The summed E-state index contributed by atoms with van der Waals surface area (Å²) in [5, 5.41) is 0. The van der Waals surface area contributed by atoms with Crippen molar-refractivity contribution in [3.8, 4) is 0 Å². The Morgan fingerprint density at radius 2 is 1.97 bits per heavy atom. The Kier molecular flexibility index (Phi) is 6.62. The second-order valence-electron chi connectivity index (χ2n) is 9.69. The molecule has 0 radical (unpaired) electrons. The molecule has 0 N–H and O–H groups in total. The highest BCUT2D eigenvalue weighted by Gasteiger charge is 2.61. The Morgan fingerprint density at radius 3 is 2.70 bits per heavy atom. The molecule has 4 aliphatic rings. The van der Waals surface area contributed by atoms with E-state index in [1.54, 1.807) is 0 Å². The number of rotatable bonds is 5. The second-order valence-corrected chi connectivity index (χ2v) is 9.69. The standard InChI is InChI=1S/C24H31F2NO6/c1-15-17-6-5-16(4-3-9-23(2)21(33-23)20(17)32-22(15)30)14-31-19(29)8-7-18(28)27-12-10-24(25,26)11-13-27/h4,17,20-21H,1,3,5-14H2,2H3/b16-4+/t17-,20-,21-,23+/m0/s1. The SMILES string of the molecule is C=C1C(=O)O[C@H]2[C@H]1CC/C(COC(=O)CCC(=O)N1CCC(F)(F)CC1)=C\CC[C@@]1(C)O[C@@H]21. The summed E-state index contributed by atoms with van der Waals surface area (Å²) in [4.78, 5) is 37.8. The van der Waals surface area contributed by atoms with Crippen molar-refractivity contribution in [1.29, 1.82) is 0 Å². The molecule has 0 spiro atoms. The first kappa shape index (κ1) is 23.9. The zero-order valence-electron chi connectivity index (χ0n) is 18.9. The summed E-state index contributed by atoms with van der Waals surface area (Å²) in [5.41, 5.74) is 1.08. The molecule has 0 aromatic carbocycles. The fourth-order valence-corrected chi connectivity index (χ4v) is 4.95. The summed E-state index contributed by atoms with van der Waals surface area (Å²) in [6, 6.07) is 0. The van der Waals surface area contributed by atoms with Crippen molar-refractivity contribution < 1.29 is 37.4 Å². The van der Waals surface area contributed by atoms with E-state index in [9.17, 15) is 23.2 Å². The molecule has 7 nitrogen and oxygen atoms in total. The molecule has 1 amide bonds. The van der Waals surface area contributed by atoms with Gasteiger partial charge in [0, 0.05) is 43.8 Å². The van der Waals surface area contributed by atoms with Crippen molar-refractivity contribution in [3.05, 3.63) is 23.8 Å². The number of likely N-dealkylation sites (tertiary alicyclic amines) is 1. The molecule has 0 saturated carbocycles. The maximum absolute atomic E-state index is 13.2. The molecule has 3 heterocycles. The van der Waals surface area contributed by atoms with Crippen molar-refractivity contribution in [3.63, 3.8) is 0 Å². The number of nitrogens with zero attached hydrogens (tertiary/aromatic N) is 1. The van der Waals surface area contributed by atoms with Crippen LogP contribution in [0.4, 0.5) is 8.78 Å². The minimum atomic E-state index is -2.72. The second kappa shape index (κ2) is 9.16. The van der Waals surface area contributed by atoms with Crippen molar-refractivity contribution in [2.75, 3.05) is 19.7 Å². The highest BCUT2D eigenvalue weighted by molar-refractivity contribution is 5.91. The van der Waals surface area contributed by atoms with Crippen LogP contribution < -0.4 is 0 Å². The largest absolute Gasteiger partial charge is 0.461 e. The van der Waals surface area contributed by atoms with Crippen molar-refractivity contribution in [2.24, 2.45) is 5.92 Å². The molecule has 1 aliphatic carbocycles. The van der Waals surface area contributed by atoms with Crippen molar-refractivity contribution in [1.82, 2.24) is 4.90 Å². The van der Waals surface area contributed by atoms with Crippen molar-refractivity contribution in [2.45, 2.75) is 82.0 Å². The summed E-state index contributed by atoms with van der Waals surface area (Å²) < 4.78 is 43.3. The van der Waals surface area contributed by atoms with Gasteiger partial charge in [-0.05, 0) is 38.2 Å². The Morgan fingerprint density at radius 1 is 1.24 bits per heavy atom. The van der Waals surface area contributed by atoms with E-state index in [2.05, 4.69) is 12.7 Å². The smallest absolute Gasteiger partial charge is 0.334 e. The van der Waals surface area contributed by atoms with E-state index in [1.807, 2.05) is 6.92 Å². The lowest BCUT2D eigenvalue weighted by molar-refractivity contribution is -0.146. The Bertz CT molecular complexity index is 861. The number of ether oxygens (including phenoxy) is 3. The Labute approximate surface area is 192 Å². The van der Waals surface area contributed by atoms with Crippen LogP contribution in [-0.4, -0.2) is 66.2 Å². The van der Waals surface area contributed by atoms with Gasteiger partial charge in [-0.2, -0.15) is 0 Å². The number of fused-ring (bicyclic) bond motifs is 3. The number of epoxide rings is 1. The first-order valence-corrected chi connectivity index (χ1v) is 11.6. The van der Waals surface area contributed by atoms with Gasteiger partial charge in [-0.15, -0.1) is 0 Å². The number of carbonyl (C=O) groups is 3. The predicted molar refractivity (Wildman–Crippen MR) is 113 cm³/mol. The zero-order valence-corrected chi connectivity index (χ0v) is 18.9. The summed E-state index contributed by atoms with van der Waals surface area (Å²) >= 11 is 0. The van der Waals surface area contributed by atoms with E-state index >= 15 is 0 Å². The topological polar surface area (TPSA) is 85.4 Å². The zero-order chi connectivity index (χ0) is 23.8. The van der Waals surface area contributed by atoms with Crippen LogP contribution in [0.2, 0.25) is 0 Å². The third kappa shape index (κ3) is 5.45. The average molecular weight is 468 g/mol. The van der Waals surface area contributed by atoms with Crippen LogP contribution >= 0.6 is 0 Å². The monoisotopic (exact) mass is 467 g/mol. The quantitative estimate of drug-likeness (QED) is 0.267. The van der Waals surface area contributed by atoms with Gasteiger partial charge in [0.1, 0.15) is 18.8 Å². The van der Waals surface area contributed by atoms with E-state index in [-0.39, 0.29) is 81.0 Å². The van der Waals surface area contributed by atoms with Crippen LogP contribution in [0.25, 0.3) is 0 Å². The molecule has 182 valence electrons. The van der Waals surface area contributed by atoms with Crippen LogP contribution in [0, 0.1) is 5.92 Å². The number of carbonyl (C=O) groups excluding carboxylic acids is 3. The van der Waals surface area contributed by atoms with Gasteiger partial charge in [0.15, 0.2) is 0 Å². The van der Waals surface area contributed by atoms with Gasteiger partial charge in [-0.3, -0.25) is 9.59 Å². The molecule has 3 saturated heterocycles. The van der Waals surface area contributed by atoms with E-state index in [1.165, 1.54) is 4.90 Å². The van der Waals surface area contributed by atoms with E-state index < -0.39 is 11.9 Å². The van der Waals surface area contributed by atoms with E-state index in [0.717, 1.165) is 18.4 Å². The molecule has 4 atom stereocenters. The summed E-state index contributed by atoms with van der Waals surface area (Å²) in [5.74, 6) is -4.02. The third-order valence-electron chi connectivity index (χ3n) is 7.25. The molecule has 0 unspecified atom stereocenters. The summed E-state index contributed by atoms with van der Waals surface area (Å²) in [7, 11) is 0.